The Hall–Kier alpha value is -5.84. The number of aromatic nitrogens is 3. The summed E-state index contributed by atoms with van der Waals surface area (Å²) in [5.41, 5.74) is 7.82. The average Bonchev–Trinajstić information content (AvgIpc) is 4.05. The second-order valence-electron chi connectivity index (χ2n) is 15.9. The summed E-state index contributed by atoms with van der Waals surface area (Å²) < 4.78 is 0. The van der Waals surface area contributed by atoms with Gasteiger partial charge in [-0.05, 0) is 99.9 Å². The molecule has 2 fully saturated rings. The van der Waals surface area contributed by atoms with E-state index < -0.39 is 12.1 Å². The summed E-state index contributed by atoms with van der Waals surface area (Å²) in [6, 6.07) is 35.1. The maximum Gasteiger partial charge on any atom is 0.245 e. The molecule has 4 heterocycles. The first-order chi connectivity index (χ1) is 27.7. The molecule has 2 amide bonds. The molecule has 57 heavy (non-hydrogen) atoms. The Morgan fingerprint density at radius 2 is 1.26 bits per heavy atom. The molecule has 8 rings (SSSR count). The third kappa shape index (κ3) is 7.80. The minimum absolute atomic E-state index is 0.0171. The van der Waals surface area contributed by atoms with Crippen molar-refractivity contribution in [1.29, 1.82) is 0 Å². The third-order valence-electron chi connectivity index (χ3n) is 11.7. The van der Waals surface area contributed by atoms with Crippen molar-refractivity contribution in [1.82, 2.24) is 34.6 Å². The Labute approximate surface area is 334 Å². The van der Waals surface area contributed by atoms with Crippen molar-refractivity contribution in [2.75, 3.05) is 41.3 Å². The van der Waals surface area contributed by atoms with E-state index in [1.54, 1.807) is 4.90 Å². The van der Waals surface area contributed by atoms with Crippen molar-refractivity contribution in [3.05, 3.63) is 138 Å². The molecule has 2 aliphatic rings. The lowest BCUT2D eigenvalue weighted by Crippen LogP contribution is -2.46. The van der Waals surface area contributed by atoms with Crippen LogP contribution in [0.2, 0.25) is 0 Å². The third-order valence-corrected chi connectivity index (χ3v) is 11.7. The Kier molecular flexibility index (Phi) is 10.9. The number of carbonyl (C=O) groups excluding carboxylic acids is 3. The summed E-state index contributed by atoms with van der Waals surface area (Å²) >= 11 is 0. The predicted octanol–water partition coefficient (Wildman–Crippen LogP) is 7.60. The molecule has 10 heteroatoms. The first kappa shape index (κ1) is 38.1. The zero-order valence-corrected chi connectivity index (χ0v) is 33.2. The first-order valence-corrected chi connectivity index (χ1v) is 20.0. The van der Waals surface area contributed by atoms with Gasteiger partial charge in [0.25, 0.3) is 0 Å². The van der Waals surface area contributed by atoms with E-state index in [2.05, 4.69) is 46.4 Å². The van der Waals surface area contributed by atoms with Crippen LogP contribution < -0.4 is 0 Å². The standard InChI is InChI=1S/C47H51N7O3/c1-51(2)43(34-13-7-5-8-14-34)46(56)53-25-11-17-40(53)42(55)28-31-19-24-37-36(27-31)29-38(49-37)32-20-22-33(23-21-32)39-30-48-45(50-39)41-18-12-26-54(41)47(57)44(52(3)4)35-15-9-6-10-16-35/h5-10,13-16,19-24,27,29-30,40-41,43-44,49H,11-12,17-18,25-26,28H2,1-4H3,(H,48,50)/t40-,41-,43+,44+/m0/s1. The summed E-state index contributed by atoms with van der Waals surface area (Å²) in [5.74, 6) is 0.971. The van der Waals surface area contributed by atoms with Crippen LogP contribution in [0.25, 0.3) is 33.4 Å². The van der Waals surface area contributed by atoms with Gasteiger partial charge >= 0.3 is 0 Å². The fourth-order valence-corrected chi connectivity index (χ4v) is 8.84. The van der Waals surface area contributed by atoms with E-state index >= 15 is 0 Å². The Morgan fingerprint density at radius 3 is 1.89 bits per heavy atom. The van der Waals surface area contributed by atoms with Crippen molar-refractivity contribution in [3.8, 4) is 22.5 Å². The number of nitrogens with zero attached hydrogens (tertiary/aromatic N) is 5. The molecule has 0 spiro atoms. The Morgan fingerprint density at radius 1 is 0.684 bits per heavy atom. The second kappa shape index (κ2) is 16.3. The SMILES string of the molecule is CN(C)[C@@H](C(=O)N1CCC[C@H]1C(=O)Cc1ccc2[nH]c(-c3ccc(-c4cnc([C@@H]5CCCN5C(=O)[C@@H](c5ccccc5)N(C)C)[nH]4)cc3)cc2c1)c1ccccc1. The quantitative estimate of drug-likeness (QED) is 0.133. The summed E-state index contributed by atoms with van der Waals surface area (Å²) in [7, 11) is 7.73. The lowest BCUT2D eigenvalue weighted by Gasteiger charge is -2.31. The van der Waals surface area contributed by atoms with Gasteiger partial charge in [0, 0.05) is 36.1 Å². The monoisotopic (exact) mass is 761 g/mol. The van der Waals surface area contributed by atoms with Crippen LogP contribution >= 0.6 is 0 Å². The highest BCUT2D eigenvalue weighted by atomic mass is 16.2. The van der Waals surface area contributed by atoms with E-state index in [0.717, 1.165) is 75.2 Å². The molecular weight excluding hydrogens is 711 g/mol. The number of fused-ring (bicyclic) bond motifs is 1. The van der Waals surface area contributed by atoms with Crippen LogP contribution in [0.15, 0.2) is 115 Å². The van der Waals surface area contributed by atoms with Gasteiger partial charge in [-0.25, -0.2) is 4.98 Å². The topological polar surface area (TPSA) is 109 Å². The van der Waals surface area contributed by atoms with E-state index in [9.17, 15) is 14.4 Å². The normalized spacial score (nSPS) is 18.1. The molecule has 0 unspecified atom stereocenters. The van der Waals surface area contributed by atoms with Crippen LogP contribution in [0.5, 0.6) is 0 Å². The number of amides is 2. The van der Waals surface area contributed by atoms with Crippen molar-refractivity contribution in [2.24, 2.45) is 0 Å². The van der Waals surface area contributed by atoms with E-state index in [1.807, 2.05) is 122 Å². The zero-order chi connectivity index (χ0) is 39.6. The highest BCUT2D eigenvalue weighted by Gasteiger charge is 2.39. The molecule has 0 aliphatic carbocycles. The van der Waals surface area contributed by atoms with Gasteiger partial charge in [-0.3, -0.25) is 24.2 Å². The van der Waals surface area contributed by atoms with E-state index in [1.165, 1.54) is 0 Å². The molecule has 2 aromatic heterocycles. The highest BCUT2D eigenvalue weighted by Crippen LogP contribution is 2.36. The van der Waals surface area contributed by atoms with Gasteiger partial charge in [0.2, 0.25) is 11.8 Å². The fraction of sp³-hybridized carbons (Fsp3) is 0.319. The van der Waals surface area contributed by atoms with Crippen molar-refractivity contribution < 1.29 is 14.4 Å². The van der Waals surface area contributed by atoms with Gasteiger partial charge in [0.1, 0.15) is 17.9 Å². The number of aromatic amines is 2. The maximum atomic E-state index is 13.9. The zero-order valence-electron chi connectivity index (χ0n) is 33.2. The van der Waals surface area contributed by atoms with Crippen LogP contribution in [0.4, 0.5) is 0 Å². The maximum absolute atomic E-state index is 13.9. The molecule has 0 saturated carbocycles. The highest BCUT2D eigenvalue weighted by molar-refractivity contribution is 5.94. The smallest absolute Gasteiger partial charge is 0.245 e. The number of ketones is 1. The number of benzene rings is 4. The van der Waals surface area contributed by atoms with Crippen LogP contribution in [0.3, 0.4) is 0 Å². The van der Waals surface area contributed by atoms with Gasteiger partial charge in [-0.15, -0.1) is 0 Å². The fourth-order valence-electron chi connectivity index (χ4n) is 8.84. The van der Waals surface area contributed by atoms with Crippen LogP contribution in [-0.2, 0) is 20.8 Å². The largest absolute Gasteiger partial charge is 0.355 e. The van der Waals surface area contributed by atoms with Crippen LogP contribution in [0.1, 0.15) is 66.3 Å². The van der Waals surface area contributed by atoms with Gasteiger partial charge in [0.05, 0.1) is 24.0 Å². The first-order valence-electron chi connectivity index (χ1n) is 20.0. The molecule has 0 radical (unpaired) electrons. The molecule has 6 aromatic rings. The number of hydrogen-bond acceptors (Lipinski definition) is 6. The number of rotatable bonds is 12. The Balaban J connectivity index is 0.935. The van der Waals surface area contributed by atoms with Crippen LogP contribution in [0, 0.1) is 0 Å². The molecule has 10 nitrogen and oxygen atoms in total. The number of hydrogen-bond donors (Lipinski definition) is 2. The molecule has 292 valence electrons. The van der Waals surface area contributed by atoms with E-state index in [4.69, 9.17) is 4.98 Å². The summed E-state index contributed by atoms with van der Waals surface area (Å²) in [6.07, 6.45) is 5.46. The molecule has 2 aliphatic heterocycles. The number of nitrogens with one attached hydrogen (secondary N) is 2. The number of likely N-dealkylation sites (N-methyl/N-ethyl adjacent to an activating group) is 2. The number of carbonyl (C=O) groups is 3. The van der Waals surface area contributed by atoms with Crippen molar-refractivity contribution in [2.45, 2.75) is 56.3 Å². The van der Waals surface area contributed by atoms with Gasteiger partial charge in [0.15, 0.2) is 5.78 Å². The predicted molar refractivity (Wildman–Crippen MR) is 224 cm³/mol. The van der Waals surface area contributed by atoms with Gasteiger partial charge < -0.3 is 19.8 Å². The summed E-state index contributed by atoms with van der Waals surface area (Å²) in [6.45, 7) is 1.31. The number of likely N-dealkylation sites (tertiary alicyclic amines) is 2. The number of imidazole rings is 1. The summed E-state index contributed by atoms with van der Waals surface area (Å²) in [4.78, 5) is 61.1. The van der Waals surface area contributed by atoms with E-state index in [-0.39, 0.29) is 36.1 Å². The molecular formula is C47H51N7O3. The average molecular weight is 762 g/mol. The number of Topliss-reactive ketones (excluding diaryl/α,β-unsaturated/α-hetero) is 1. The lowest BCUT2D eigenvalue weighted by atomic mass is 9.99. The summed E-state index contributed by atoms with van der Waals surface area (Å²) in [5, 5.41) is 1.04. The van der Waals surface area contributed by atoms with Crippen molar-refractivity contribution >= 4 is 28.5 Å². The Bertz CT molecular complexity index is 2350. The second-order valence-corrected chi connectivity index (χ2v) is 15.9. The molecule has 2 N–H and O–H groups in total. The van der Waals surface area contributed by atoms with Crippen molar-refractivity contribution in [3.63, 3.8) is 0 Å². The van der Waals surface area contributed by atoms with Crippen LogP contribution in [-0.4, -0.2) is 99.5 Å². The molecule has 4 atom stereocenters. The number of H-pyrrole nitrogens is 2. The molecule has 4 aromatic carbocycles. The lowest BCUT2D eigenvalue weighted by molar-refractivity contribution is -0.141. The van der Waals surface area contributed by atoms with Gasteiger partial charge in [-0.1, -0.05) is 91.0 Å². The molecule has 2 saturated heterocycles. The van der Waals surface area contributed by atoms with E-state index in [0.29, 0.717) is 19.5 Å². The molecule has 0 bridgehead atoms. The minimum Gasteiger partial charge on any atom is -0.355 e. The van der Waals surface area contributed by atoms with Gasteiger partial charge in [-0.2, -0.15) is 0 Å². The minimum atomic E-state index is -0.429.